The lowest BCUT2D eigenvalue weighted by Gasteiger charge is -2.18. The second-order valence-corrected chi connectivity index (χ2v) is 4.17. The largest absolute Gasteiger partial charge is 0.377 e. The van der Waals surface area contributed by atoms with E-state index in [4.69, 9.17) is 4.74 Å². The molecule has 0 aliphatic carbocycles. The van der Waals surface area contributed by atoms with Crippen molar-refractivity contribution < 1.29 is 4.74 Å². The third kappa shape index (κ3) is 2.10. The van der Waals surface area contributed by atoms with E-state index >= 15 is 0 Å². The van der Waals surface area contributed by atoms with Crippen molar-refractivity contribution >= 4 is 0 Å². The van der Waals surface area contributed by atoms with Crippen LogP contribution in [-0.4, -0.2) is 13.2 Å². The predicted molar refractivity (Wildman–Crippen MR) is 52.1 cm³/mol. The van der Waals surface area contributed by atoms with Crippen LogP contribution in [0.15, 0.2) is 11.1 Å². The molecule has 0 aromatic rings. The highest BCUT2D eigenvalue weighted by molar-refractivity contribution is 5.20. The standard InChI is InChI=1S/C11H20O/c1-8(2)11(9(3)4)10-5-6-12-7-10/h8-9H,5-7H2,1-4H3. The molecule has 0 saturated carbocycles. The predicted octanol–water partition coefficient (Wildman–Crippen LogP) is 3.02. The average molecular weight is 168 g/mol. The maximum absolute atomic E-state index is 5.38. The summed E-state index contributed by atoms with van der Waals surface area (Å²) in [6.45, 7) is 10.9. The van der Waals surface area contributed by atoms with Gasteiger partial charge in [0.05, 0.1) is 13.2 Å². The van der Waals surface area contributed by atoms with Gasteiger partial charge in [-0.2, -0.15) is 0 Å². The van der Waals surface area contributed by atoms with E-state index in [2.05, 4.69) is 27.7 Å². The van der Waals surface area contributed by atoms with Crippen LogP contribution in [0.1, 0.15) is 34.1 Å². The fourth-order valence-corrected chi connectivity index (χ4v) is 2.17. The molecule has 1 fully saturated rings. The summed E-state index contributed by atoms with van der Waals surface area (Å²) in [5.74, 6) is 1.36. The van der Waals surface area contributed by atoms with Gasteiger partial charge in [-0.3, -0.25) is 0 Å². The summed E-state index contributed by atoms with van der Waals surface area (Å²) < 4.78 is 5.38. The molecular weight excluding hydrogens is 148 g/mol. The Balaban J connectivity index is 2.81. The SMILES string of the molecule is CC(C)C(=C1CCOC1)C(C)C. The highest BCUT2D eigenvalue weighted by Crippen LogP contribution is 2.27. The Bertz CT molecular complexity index is 159. The molecule has 70 valence electrons. The first kappa shape index (κ1) is 9.79. The van der Waals surface area contributed by atoms with Gasteiger partial charge in [0.15, 0.2) is 0 Å². The molecule has 1 nitrogen and oxygen atoms in total. The van der Waals surface area contributed by atoms with Gasteiger partial charge in [-0.05, 0) is 23.8 Å². The van der Waals surface area contributed by atoms with Gasteiger partial charge in [-0.15, -0.1) is 0 Å². The minimum atomic E-state index is 0.682. The first-order valence-electron chi connectivity index (χ1n) is 4.92. The van der Waals surface area contributed by atoms with Gasteiger partial charge in [0.2, 0.25) is 0 Å². The van der Waals surface area contributed by atoms with Gasteiger partial charge in [-0.25, -0.2) is 0 Å². The zero-order valence-corrected chi connectivity index (χ0v) is 8.68. The molecular formula is C11H20O. The second kappa shape index (κ2) is 4.08. The Morgan fingerprint density at radius 3 is 2.08 bits per heavy atom. The third-order valence-corrected chi connectivity index (χ3v) is 2.48. The third-order valence-electron chi connectivity index (χ3n) is 2.48. The van der Waals surface area contributed by atoms with Gasteiger partial charge in [0.25, 0.3) is 0 Å². The Labute approximate surface area is 75.8 Å². The van der Waals surface area contributed by atoms with Gasteiger partial charge < -0.3 is 4.74 Å². The second-order valence-electron chi connectivity index (χ2n) is 4.17. The number of allylic oxidation sites excluding steroid dienone is 1. The van der Waals surface area contributed by atoms with Crippen LogP contribution in [-0.2, 0) is 4.74 Å². The van der Waals surface area contributed by atoms with Crippen molar-refractivity contribution in [3.8, 4) is 0 Å². The van der Waals surface area contributed by atoms with E-state index in [-0.39, 0.29) is 0 Å². The highest BCUT2D eigenvalue weighted by Gasteiger charge is 2.17. The monoisotopic (exact) mass is 168 g/mol. The zero-order chi connectivity index (χ0) is 9.14. The number of hydrogen-bond donors (Lipinski definition) is 0. The Morgan fingerprint density at radius 1 is 1.17 bits per heavy atom. The van der Waals surface area contributed by atoms with Crippen LogP contribution in [0.2, 0.25) is 0 Å². The lowest BCUT2D eigenvalue weighted by Crippen LogP contribution is -2.06. The lowest BCUT2D eigenvalue weighted by molar-refractivity contribution is 0.204. The smallest absolute Gasteiger partial charge is 0.0680 e. The van der Waals surface area contributed by atoms with E-state index in [1.165, 1.54) is 0 Å². The molecule has 0 aromatic heterocycles. The fraction of sp³-hybridized carbons (Fsp3) is 0.818. The molecule has 0 amide bonds. The first-order chi connectivity index (χ1) is 5.63. The van der Waals surface area contributed by atoms with Crippen molar-refractivity contribution in [2.45, 2.75) is 34.1 Å². The highest BCUT2D eigenvalue weighted by atomic mass is 16.5. The van der Waals surface area contributed by atoms with Crippen LogP contribution >= 0.6 is 0 Å². The summed E-state index contributed by atoms with van der Waals surface area (Å²) in [7, 11) is 0. The minimum Gasteiger partial charge on any atom is -0.377 e. The lowest BCUT2D eigenvalue weighted by atomic mass is 9.88. The molecule has 0 atom stereocenters. The quantitative estimate of drug-likeness (QED) is 0.576. The van der Waals surface area contributed by atoms with Gasteiger partial charge in [-0.1, -0.05) is 33.3 Å². The van der Waals surface area contributed by atoms with Crippen molar-refractivity contribution in [3.05, 3.63) is 11.1 Å². The number of hydrogen-bond acceptors (Lipinski definition) is 1. The van der Waals surface area contributed by atoms with E-state index in [0.29, 0.717) is 11.8 Å². The molecule has 1 heterocycles. The van der Waals surface area contributed by atoms with Gasteiger partial charge in [0, 0.05) is 0 Å². The Morgan fingerprint density at radius 2 is 1.75 bits per heavy atom. The van der Waals surface area contributed by atoms with E-state index in [1.54, 1.807) is 11.1 Å². The molecule has 0 bridgehead atoms. The van der Waals surface area contributed by atoms with E-state index in [9.17, 15) is 0 Å². The average Bonchev–Trinajstić information content (AvgIpc) is 2.37. The maximum atomic E-state index is 5.38. The number of ether oxygens (including phenoxy) is 1. The summed E-state index contributed by atoms with van der Waals surface area (Å²) >= 11 is 0. The van der Waals surface area contributed by atoms with E-state index in [0.717, 1.165) is 19.6 Å². The van der Waals surface area contributed by atoms with Crippen LogP contribution in [0.4, 0.5) is 0 Å². The van der Waals surface area contributed by atoms with Crippen molar-refractivity contribution in [2.24, 2.45) is 11.8 Å². The molecule has 0 aromatic carbocycles. The van der Waals surface area contributed by atoms with Crippen LogP contribution < -0.4 is 0 Å². The summed E-state index contributed by atoms with van der Waals surface area (Å²) in [4.78, 5) is 0. The number of rotatable bonds is 2. The first-order valence-corrected chi connectivity index (χ1v) is 4.92. The van der Waals surface area contributed by atoms with Crippen molar-refractivity contribution in [1.29, 1.82) is 0 Å². The zero-order valence-electron chi connectivity index (χ0n) is 8.68. The van der Waals surface area contributed by atoms with Gasteiger partial charge >= 0.3 is 0 Å². The summed E-state index contributed by atoms with van der Waals surface area (Å²) in [5, 5.41) is 0. The van der Waals surface area contributed by atoms with E-state index < -0.39 is 0 Å². The Kier molecular flexibility index (Phi) is 3.33. The molecule has 1 saturated heterocycles. The molecule has 0 N–H and O–H groups in total. The Hall–Kier alpha value is -0.300. The van der Waals surface area contributed by atoms with Crippen molar-refractivity contribution in [2.75, 3.05) is 13.2 Å². The molecule has 0 unspecified atom stereocenters. The molecule has 1 rings (SSSR count). The summed E-state index contributed by atoms with van der Waals surface area (Å²) in [6.07, 6.45) is 1.16. The molecule has 0 spiro atoms. The van der Waals surface area contributed by atoms with Crippen LogP contribution in [0.5, 0.6) is 0 Å². The van der Waals surface area contributed by atoms with Gasteiger partial charge in [0.1, 0.15) is 0 Å². The normalized spacial score (nSPS) is 18.0. The topological polar surface area (TPSA) is 9.23 Å². The summed E-state index contributed by atoms with van der Waals surface area (Å²) in [5.41, 5.74) is 3.17. The molecule has 1 aliphatic heterocycles. The molecule has 12 heavy (non-hydrogen) atoms. The maximum Gasteiger partial charge on any atom is 0.0680 e. The fourth-order valence-electron chi connectivity index (χ4n) is 2.17. The summed E-state index contributed by atoms with van der Waals surface area (Å²) in [6, 6.07) is 0. The molecule has 0 radical (unpaired) electrons. The molecule has 1 aliphatic rings. The van der Waals surface area contributed by atoms with Crippen molar-refractivity contribution in [3.63, 3.8) is 0 Å². The van der Waals surface area contributed by atoms with Crippen molar-refractivity contribution in [1.82, 2.24) is 0 Å². The van der Waals surface area contributed by atoms with Crippen LogP contribution in [0.3, 0.4) is 0 Å². The van der Waals surface area contributed by atoms with Crippen LogP contribution in [0, 0.1) is 11.8 Å². The van der Waals surface area contributed by atoms with E-state index in [1.807, 2.05) is 0 Å². The molecule has 1 heteroatoms. The van der Waals surface area contributed by atoms with Crippen LogP contribution in [0.25, 0.3) is 0 Å². The minimum absolute atomic E-state index is 0.682.